The van der Waals surface area contributed by atoms with Crippen molar-refractivity contribution in [1.29, 1.82) is 0 Å². The van der Waals surface area contributed by atoms with Crippen LogP contribution in [0.5, 0.6) is 0 Å². The summed E-state index contributed by atoms with van der Waals surface area (Å²) in [6.07, 6.45) is 2.94. The largest absolute Gasteiger partial charge is 0.356 e. The van der Waals surface area contributed by atoms with Gasteiger partial charge in [0.15, 0.2) is 0 Å². The Balaban J connectivity index is 2.24. The quantitative estimate of drug-likeness (QED) is 0.577. The van der Waals surface area contributed by atoms with Gasteiger partial charge in [-0.05, 0) is 25.7 Å². The lowest BCUT2D eigenvalue weighted by Crippen LogP contribution is -2.33. The van der Waals surface area contributed by atoms with E-state index in [1.165, 1.54) is 0 Å². The number of carbonyl (C=O) groups is 1. The van der Waals surface area contributed by atoms with Crippen LogP contribution in [0.15, 0.2) is 0 Å². The lowest BCUT2D eigenvalue weighted by Gasteiger charge is -2.23. The summed E-state index contributed by atoms with van der Waals surface area (Å²) in [5.41, 5.74) is 0. The van der Waals surface area contributed by atoms with Crippen LogP contribution in [0.3, 0.4) is 0 Å². The van der Waals surface area contributed by atoms with Gasteiger partial charge in [0.2, 0.25) is 6.41 Å². The summed E-state index contributed by atoms with van der Waals surface area (Å²) in [6, 6.07) is 0.0845. The highest BCUT2D eigenvalue weighted by Crippen LogP contribution is 2.20. The average Bonchev–Trinajstić information content (AvgIpc) is 1.88. The van der Waals surface area contributed by atoms with E-state index in [1.54, 1.807) is 0 Å². The third-order valence-electron chi connectivity index (χ3n) is 1.91. The molecule has 0 spiro atoms. The van der Waals surface area contributed by atoms with Crippen LogP contribution in [-0.4, -0.2) is 18.6 Å². The predicted octanol–water partition coefficient (Wildman–Crippen LogP) is 1.01. The van der Waals surface area contributed by atoms with Gasteiger partial charge in [-0.1, -0.05) is 0 Å². The van der Waals surface area contributed by atoms with E-state index in [4.69, 9.17) is 0 Å². The Morgan fingerprint density at radius 3 is 2.90 bits per heavy atom. The average molecular weight is 145 g/mol. The fourth-order valence-corrected chi connectivity index (χ4v) is 1.38. The van der Waals surface area contributed by atoms with Crippen molar-refractivity contribution in [3.63, 3.8) is 0 Å². The van der Waals surface area contributed by atoms with Crippen molar-refractivity contribution in [2.75, 3.05) is 0 Å². The Labute approximate surface area is 59.8 Å². The first-order valence-corrected chi connectivity index (χ1v) is 3.66. The topological polar surface area (TPSA) is 29.1 Å². The Morgan fingerprint density at radius 2 is 2.30 bits per heavy atom. The fourth-order valence-electron chi connectivity index (χ4n) is 1.38. The molecule has 0 heterocycles. The maximum atomic E-state index is 12.6. The molecule has 0 aromatic heterocycles. The summed E-state index contributed by atoms with van der Waals surface area (Å²) in [7, 11) is 0. The lowest BCUT2D eigenvalue weighted by atomic mass is 9.94. The summed E-state index contributed by atoms with van der Waals surface area (Å²) >= 11 is 0. The summed E-state index contributed by atoms with van der Waals surface area (Å²) < 4.78 is 12.6. The van der Waals surface area contributed by atoms with E-state index < -0.39 is 6.17 Å². The summed E-state index contributed by atoms with van der Waals surface area (Å²) in [6.45, 7) is 0. The number of hydrogen-bond acceptors (Lipinski definition) is 1. The molecular formula is C7H12FNO. The molecule has 1 amide bonds. The number of carbonyl (C=O) groups excluding carboxylic acids is 1. The second-order valence-electron chi connectivity index (χ2n) is 2.75. The molecule has 1 N–H and O–H groups in total. The summed E-state index contributed by atoms with van der Waals surface area (Å²) in [4.78, 5) is 9.95. The number of rotatable bonds is 2. The Morgan fingerprint density at radius 1 is 1.50 bits per heavy atom. The molecule has 10 heavy (non-hydrogen) atoms. The molecule has 0 aromatic rings. The molecule has 0 saturated heterocycles. The first-order chi connectivity index (χ1) is 4.83. The van der Waals surface area contributed by atoms with Crippen LogP contribution >= 0.6 is 0 Å². The number of nitrogens with one attached hydrogen (secondary N) is 1. The van der Waals surface area contributed by atoms with E-state index in [-0.39, 0.29) is 6.04 Å². The minimum Gasteiger partial charge on any atom is -0.356 e. The van der Waals surface area contributed by atoms with Crippen molar-refractivity contribution in [2.24, 2.45) is 0 Å². The van der Waals surface area contributed by atoms with E-state index in [0.29, 0.717) is 19.3 Å². The second-order valence-corrected chi connectivity index (χ2v) is 2.75. The zero-order chi connectivity index (χ0) is 7.40. The van der Waals surface area contributed by atoms with E-state index in [2.05, 4.69) is 5.32 Å². The maximum Gasteiger partial charge on any atom is 0.207 e. The van der Waals surface area contributed by atoms with Crippen molar-refractivity contribution < 1.29 is 9.18 Å². The summed E-state index contributed by atoms with van der Waals surface area (Å²) in [5.74, 6) is 0. The molecule has 0 bridgehead atoms. The molecule has 2 atom stereocenters. The Hall–Kier alpha value is -0.600. The van der Waals surface area contributed by atoms with Crippen LogP contribution in [-0.2, 0) is 4.79 Å². The number of halogens is 1. The zero-order valence-corrected chi connectivity index (χ0v) is 5.85. The van der Waals surface area contributed by atoms with E-state index >= 15 is 0 Å². The predicted molar refractivity (Wildman–Crippen MR) is 36.4 cm³/mol. The monoisotopic (exact) mass is 145 g/mol. The number of hydrogen-bond donors (Lipinski definition) is 1. The lowest BCUT2D eigenvalue weighted by molar-refractivity contribution is -0.110. The molecule has 58 valence electrons. The zero-order valence-electron chi connectivity index (χ0n) is 5.85. The van der Waals surface area contributed by atoms with Gasteiger partial charge in [0.1, 0.15) is 6.17 Å². The third kappa shape index (κ3) is 1.97. The highest BCUT2D eigenvalue weighted by atomic mass is 19.1. The fraction of sp³-hybridized carbons (Fsp3) is 0.857. The molecule has 1 rings (SSSR count). The van der Waals surface area contributed by atoms with Gasteiger partial charge in [0.25, 0.3) is 0 Å². The molecular weight excluding hydrogens is 133 g/mol. The standard InChI is InChI=1S/C7H12FNO/c8-6-2-1-3-7(4-6)9-5-10/h5-7H,1-4H2,(H,9,10). The van der Waals surface area contributed by atoms with Gasteiger partial charge in [0, 0.05) is 6.04 Å². The van der Waals surface area contributed by atoms with Gasteiger partial charge in [-0.2, -0.15) is 0 Å². The number of alkyl halides is 1. The molecule has 1 fully saturated rings. The molecule has 1 aliphatic carbocycles. The van der Waals surface area contributed by atoms with Crippen molar-refractivity contribution in [2.45, 2.75) is 37.9 Å². The molecule has 0 aliphatic heterocycles. The van der Waals surface area contributed by atoms with Crippen molar-refractivity contribution in [3.8, 4) is 0 Å². The van der Waals surface area contributed by atoms with Crippen LogP contribution in [0.4, 0.5) is 4.39 Å². The van der Waals surface area contributed by atoms with Crippen molar-refractivity contribution in [1.82, 2.24) is 5.32 Å². The van der Waals surface area contributed by atoms with Gasteiger partial charge in [-0.25, -0.2) is 4.39 Å². The first-order valence-electron chi connectivity index (χ1n) is 3.66. The molecule has 1 aliphatic rings. The van der Waals surface area contributed by atoms with Crippen LogP contribution in [0.25, 0.3) is 0 Å². The number of amides is 1. The molecule has 2 unspecified atom stereocenters. The highest BCUT2D eigenvalue weighted by molar-refractivity contribution is 5.46. The van der Waals surface area contributed by atoms with Crippen LogP contribution < -0.4 is 5.32 Å². The van der Waals surface area contributed by atoms with Gasteiger partial charge in [-0.15, -0.1) is 0 Å². The highest BCUT2D eigenvalue weighted by Gasteiger charge is 2.20. The molecule has 0 aromatic carbocycles. The van der Waals surface area contributed by atoms with Crippen LogP contribution in [0.1, 0.15) is 25.7 Å². The van der Waals surface area contributed by atoms with Crippen molar-refractivity contribution >= 4 is 6.41 Å². The van der Waals surface area contributed by atoms with Gasteiger partial charge in [-0.3, -0.25) is 4.79 Å². The SMILES string of the molecule is O=CNC1CCCC(F)C1. The Kier molecular flexibility index (Phi) is 2.66. The van der Waals surface area contributed by atoms with E-state index in [9.17, 15) is 9.18 Å². The van der Waals surface area contributed by atoms with E-state index in [1.807, 2.05) is 0 Å². The van der Waals surface area contributed by atoms with Crippen LogP contribution in [0, 0.1) is 0 Å². The second kappa shape index (κ2) is 3.54. The van der Waals surface area contributed by atoms with Crippen LogP contribution in [0.2, 0.25) is 0 Å². The normalized spacial score (nSPS) is 33.3. The van der Waals surface area contributed by atoms with Crippen molar-refractivity contribution in [3.05, 3.63) is 0 Å². The molecule has 0 radical (unpaired) electrons. The minimum absolute atomic E-state index is 0.0845. The molecule has 1 saturated carbocycles. The molecule has 2 nitrogen and oxygen atoms in total. The van der Waals surface area contributed by atoms with Gasteiger partial charge < -0.3 is 5.32 Å². The summed E-state index contributed by atoms with van der Waals surface area (Å²) in [5, 5.41) is 2.59. The van der Waals surface area contributed by atoms with E-state index in [0.717, 1.165) is 12.8 Å². The van der Waals surface area contributed by atoms with Gasteiger partial charge in [0.05, 0.1) is 0 Å². The Bertz CT molecular complexity index is 118. The minimum atomic E-state index is -0.703. The molecule has 3 heteroatoms. The first kappa shape index (κ1) is 7.51. The smallest absolute Gasteiger partial charge is 0.207 e. The maximum absolute atomic E-state index is 12.6. The van der Waals surface area contributed by atoms with Gasteiger partial charge >= 0.3 is 0 Å². The third-order valence-corrected chi connectivity index (χ3v) is 1.91.